The van der Waals surface area contributed by atoms with Crippen LogP contribution in [0.5, 0.6) is 0 Å². The molecule has 1 aliphatic rings. The van der Waals surface area contributed by atoms with Crippen LogP contribution in [0, 0.1) is 11.3 Å². The number of thiophene rings is 1. The fourth-order valence-electron chi connectivity index (χ4n) is 4.19. The van der Waals surface area contributed by atoms with Crippen LogP contribution in [0.1, 0.15) is 42.7 Å². The van der Waals surface area contributed by atoms with Crippen LogP contribution >= 0.6 is 11.3 Å². The summed E-state index contributed by atoms with van der Waals surface area (Å²) in [6.45, 7) is 5.06. The van der Waals surface area contributed by atoms with Gasteiger partial charge in [0.15, 0.2) is 5.78 Å². The quantitative estimate of drug-likeness (QED) is 0.426. The Morgan fingerprint density at radius 1 is 0.939 bits per heavy atom. The molecule has 2 aromatic carbocycles. The number of nitrogens with zero attached hydrogens (tertiary/aromatic N) is 1. The van der Waals surface area contributed by atoms with Gasteiger partial charge in [0.1, 0.15) is 5.92 Å². The van der Waals surface area contributed by atoms with Crippen LogP contribution in [0.4, 0.5) is 5.69 Å². The topological polar surface area (TPSA) is 91.8 Å². The molecule has 168 valence electrons. The third kappa shape index (κ3) is 4.00. The molecule has 1 fully saturated rings. The lowest BCUT2D eigenvalue weighted by molar-refractivity contribution is -0.141. The molecule has 1 aliphatic heterocycles. The fourth-order valence-corrected chi connectivity index (χ4v) is 4.85. The van der Waals surface area contributed by atoms with Gasteiger partial charge in [-0.1, -0.05) is 51.1 Å². The zero-order chi connectivity index (χ0) is 23.9. The van der Waals surface area contributed by atoms with Gasteiger partial charge in [0.25, 0.3) is 5.91 Å². The molecule has 33 heavy (non-hydrogen) atoms. The number of ketones is 2. The van der Waals surface area contributed by atoms with Crippen molar-refractivity contribution in [3.63, 3.8) is 0 Å². The zero-order valence-corrected chi connectivity index (χ0v) is 19.3. The maximum absolute atomic E-state index is 13.3. The number of benzene rings is 2. The van der Waals surface area contributed by atoms with E-state index < -0.39 is 40.8 Å². The van der Waals surface area contributed by atoms with E-state index in [1.165, 1.54) is 11.0 Å². The Hall–Kier alpha value is -3.58. The van der Waals surface area contributed by atoms with Gasteiger partial charge in [0.2, 0.25) is 5.78 Å². The highest BCUT2D eigenvalue weighted by molar-refractivity contribution is 7.08. The van der Waals surface area contributed by atoms with Crippen LogP contribution in [0.2, 0.25) is 0 Å². The summed E-state index contributed by atoms with van der Waals surface area (Å²) >= 11 is 1.57. The largest absolute Gasteiger partial charge is 0.478 e. The van der Waals surface area contributed by atoms with Crippen molar-refractivity contribution in [2.75, 3.05) is 4.90 Å². The van der Waals surface area contributed by atoms with Crippen LogP contribution < -0.4 is 4.90 Å². The van der Waals surface area contributed by atoms with Gasteiger partial charge in [-0.25, -0.2) is 4.79 Å². The Kier molecular flexibility index (Phi) is 5.76. The van der Waals surface area contributed by atoms with Gasteiger partial charge >= 0.3 is 5.97 Å². The smallest absolute Gasteiger partial charge is 0.336 e. The number of hydrogen-bond donors (Lipinski definition) is 1. The highest BCUT2D eigenvalue weighted by atomic mass is 32.1. The molecular formula is C26H23NO5S. The Balaban J connectivity index is 1.88. The molecule has 2 atom stereocenters. The van der Waals surface area contributed by atoms with Crippen LogP contribution in [0.3, 0.4) is 0 Å². The third-order valence-electron chi connectivity index (χ3n) is 5.84. The number of carboxylic acids is 1. The van der Waals surface area contributed by atoms with Crippen molar-refractivity contribution in [3.05, 3.63) is 76.5 Å². The molecule has 1 saturated heterocycles. The molecule has 1 N–H and O–H groups in total. The van der Waals surface area contributed by atoms with Crippen LogP contribution in [0.15, 0.2) is 65.4 Å². The molecule has 0 saturated carbocycles. The second-order valence-electron chi connectivity index (χ2n) is 9.03. The number of carbonyl (C=O) groups is 4. The molecule has 1 amide bonds. The van der Waals surface area contributed by atoms with E-state index in [4.69, 9.17) is 0 Å². The number of amides is 1. The Morgan fingerprint density at radius 2 is 1.61 bits per heavy atom. The van der Waals surface area contributed by atoms with Crippen LogP contribution in [0.25, 0.3) is 11.1 Å². The lowest BCUT2D eigenvalue weighted by Gasteiger charge is -2.30. The first-order valence-corrected chi connectivity index (χ1v) is 11.4. The maximum atomic E-state index is 13.3. The summed E-state index contributed by atoms with van der Waals surface area (Å²) in [6, 6.07) is 14.3. The number of aromatic carboxylic acids is 1. The minimum Gasteiger partial charge on any atom is -0.478 e. The van der Waals surface area contributed by atoms with Crippen LogP contribution in [-0.4, -0.2) is 28.5 Å². The Bertz CT molecular complexity index is 1240. The van der Waals surface area contributed by atoms with Gasteiger partial charge < -0.3 is 5.11 Å². The number of carbonyl (C=O) groups excluding carboxylic acids is 3. The summed E-state index contributed by atoms with van der Waals surface area (Å²) in [4.78, 5) is 52.9. The number of Topliss-reactive ketones (excluding diaryl/α,β-unsaturated/α-hetero) is 2. The highest BCUT2D eigenvalue weighted by Crippen LogP contribution is 2.44. The standard InChI is InChI=1S/C26H23NO5S/c1-26(2,3)23(29)20-21(18-6-4-5-7-19(18)25(31)32)27(24(30)22(20)28)17-10-8-15(9-11-17)16-12-13-33-14-16/h4-14,20-21H,1-3H3,(H,31,32). The minimum atomic E-state index is -1.30. The fraction of sp³-hybridized carbons (Fsp3) is 0.231. The molecule has 0 aliphatic carbocycles. The first kappa shape index (κ1) is 22.6. The highest BCUT2D eigenvalue weighted by Gasteiger charge is 2.54. The third-order valence-corrected chi connectivity index (χ3v) is 6.52. The van der Waals surface area contributed by atoms with Crippen molar-refractivity contribution in [1.29, 1.82) is 0 Å². The van der Waals surface area contributed by atoms with E-state index in [1.807, 2.05) is 29.0 Å². The molecule has 0 radical (unpaired) electrons. The molecule has 7 heteroatoms. The van der Waals surface area contributed by atoms with Gasteiger partial charge in [-0.15, -0.1) is 0 Å². The average molecular weight is 462 g/mol. The summed E-state index contributed by atoms with van der Waals surface area (Å²) in [7, 11) is 0. The van der Waals surface area contributed by atoms with Crippen molar-refractivity contribution < 1.29 is 24.3 Å². The molecule has 0 spiro atoms. The summed E-state index contributed by atoms with van der Waals surface area (Å²) in [5.74, 6) is -4.52. The predicted octanol–water partition coefficient (Wildman–Crippen LogP) is 5.00. The average Bonchev–Trinajstić information content (AvgIpc) is 3.40. The lowest BCUT2D eigenvalue weighted by atomic mass is 9.77. The molecule has 4 rings (SSSR count). The molecule has 6 nitrogen and oxygen atoms in total. The van der Waals surface area contributed by atoms with Gasteiger partial charge in [0, 0.05) is 11.1 Å². The SMILES string of the molecule is CC(C)(C)C(=O)C1C(=O)C(=O)N(c2ccc(-c3ccsc3)cc2)C1c1ccccc1C(=O)O. The van der Waals surface area contributed by atoms with Crippen molar-refractivity contribution in [2.45, 2.75) is 26.8 Å². The summed E-state index contributed by atoms with van der Waals surface area (Å²) in [5, 5.41) is 13.7. The lowest BCUT2D eigenvalue weighted by Crippen LogP contribution is -2.36. The normalized spacial score (nSPS) is 18.6. The van der Waals surface area contributed by atoms with E-state index >= 15 is 0 Å². The van der Waals surface area contributed by atoms with Gasteiger partial charge in [-0.05, 0) is 51.7 Å². The van der Waals surface area contributed by atoms with E-state index in [0.29, 0.717) is 5.69 Å². The zero-order valence-electron chi connectivity index (χ0n) is 18.4. The molecule has 0 bridgehead atoms. The molecular weight excluding hydrogens is 438 g/mol. The van der Waals surface area contributed by atoms with E-state index in [2.05, 4.69) is 0 Å². The van der Waals surface area contributed by atoms with E-state index in [0.717, 1.165) is 11.1 Å². The van der Waals surface area contributed by atoms with E-state index in [1.54, 1.807) is 62.4 Å². The second kappa shape index (κ2) is 8.41. The summed E-state index contributed by atoms with van der Waals surface area (Å²) in [5.41, 5.74) is 1.73. The molecule has 2 heterocycles. The van der Waals surface area contributed by atoms with Crippen molar-refractivity contribution in [1.82, 2.24) is 0 Å². The maximum Gasteiger partial charge on any atom is 0.336 e. The van der Waals surface area contributed by atoms with Crippen molar-refractivity contribution in [3.8, 4) is 11.1 Å². The van der Waals surface area contributed by atoms with E-state index in [9.17, 15) is 24.3 Å². The molecule has 2 unspecified atom stereocenters. The molecule has 1 aromatic heterocycles. The van der Waals surface area contributed by atoms with E-state index in [-0.39, 0.29) is 11.1 Å². The van der Waals surface area contributed by atoms with Crippen molar-refractivity contribution in [2.24, 2.45) is 11.3 Å². The summed E-state index contributed by atoms with van der Waals surface area (Å²) < 4.78 is 0. The van der Waals surface area contributed by atoms with Gasteiger partial charge in [-0.3, -0.25) is 19.3 Å². The van der Waals surface area contributed by atoms with Crippen molar-refractivity contribution >= 4 is 40.5 Å². The number of rotatable bonds is 5. The minimum absolute atomic E-state index is 0.0448. The second-order valence-corrected chi connectivity index (χ2v) is 9.81. The number of anilines is 1. The van der Waals surface area contributed by atoms with Gasteiger partial charge in [-0.2, -0.15) is 11.3 Å². The molecule has 3 aromatic rings. The Morgan fingerprint density at radius 3 is 2.18 bits per heavy atom. The van der Waals surface area contributed by atoms with Crippen LogP contribution in [-0.2, 0) is 14.4 Å². The number of carboxylic acid groups (broad SMARTS) is 1. The monoisotopic (exact) mass is 461 g/mol. The Labute approximate surface area is 195 Å². The predicted molar refractivity (Wildman–Crippen MR) is 126 cm³/mol. The first-order chi connectivity index (χ1) is 15.6. The van der Waals surface area contributed by atoms with Gasteiger partial charge in [0.05, 0.1) is 11.6 Å². The first-order valence-electron chi connectivity index (χ1n) is 10.5. The summed E-state index contributed by atoms with van der Waals surface area (Å²) in [6.07, 6.45) is 0. The number of hydrogen-bond acceptors (Lipinski definition) is 5.